The molecule has 0 radical (unpaired) electrons. The van der Waals surface area contributed by atoms with Crippen molar-refractivity contribution in [3.8, 4) is 0 Å². The van der Waals surface area contributed by atoms with Crippen LogP contribution >= 0.6 is 0 Å². The van der Waals surface area contributed by atoms with E-state index in [2.05, 4.69) is 26.1 Å². The normalized spacial score (nSPS) is 14.9. The molecule has 21 heavy (non-hydrogen) atoms. The summed E-state index contributed by atoms with van der Waals surface area (Å²) >= 11 is 0. The van der Waals surface area contributed by atoms with Gasteiger partial charge >= 0.3 is 0 Å². The highest BCUT2D eigenvalue weighted by Gasteiger charge is 2.22. The number of likely N-dealkylation sites (N-methyl/N-ethyl adjacent to an activating group) is 1. The number of nitrogens with one attached hydrogen (secondary N) is 1. The van der Waals surface area contributed by atoms with Gasteiger partial charge in [-0.1, -0.05) is 32.9 Å². The Hall–Kier alpha value is -1.39. The first-order chi connectivity index (χ1) is 9.51. The van der Waals surface area contributed by atoms with Gasteiger partial charge in [-0.25, -0.2) is 0 Å². The van der Waals surface area contributed by atoms with E-state index in [1.807, 2.05) is 43.3 Å². The van der Waals surface area contributed by atoms with Crippen LogP contribution in [0.25, 0.3) is 0 Å². The van der Waals surface area contributed by atoms with E-state index >= 15 is 0 Å². The van der Waals surface area contributed by atoms with Crippen LogP contribution in [0.3, 0.4) is 0 Å². The molecule has 0 aliphatic heterocycles. The smallest absolute Gasteiger partial charge is 0.251 e. The molecule has 0 bridgehead atoms. The van der Waals surface area contributed by atoms with E-state index in [1.165, 1.54) is 5.56 Å². The SMILES string of the molecule is CN(C)CC(C)(O)CNC(=O)c1ccc(C(C)(C)C)cc1. The van der Waals surface area contributed by atoms with Gasteiger partial charge in [0.05, 0.1) is 5.60 Å². The zero-order valence-electron chi connectivity index (χ0n) is 14.0. The molecule has 1 rings (SSSR count). The fourth-order valence-electron chi connectivity index (χ4n) is 2.23. The molecule has 0 saturated heterocycles. The number of amides is 1. The Bertz CT molecular complexity index is 471. The summed E-state index contributed by atoms with van der Waals surface area (Å²) in [5, 5.41) is 13.0. The number of rotatable bonds is 5. The topological polar surface area (TPSA) is 52.6 Å². The summed E-state index contributed by atoms with van der Waals surface area (Å²) < 4.78 is 0. The third-order valence-electron chi connectivity index (χ3n) is 3.30. The Morgan fingerprint density at radius 1 is 1.14 bits per heavy atom. The molecule has 0 spiro atoms. The lowest BCUT2D eigenvalue weighted by atomic mass is 9.86. The zero-order valence-corrected chi connectivity index (χ0v) is 14.0. The van der Waals surface area contributed by atoms with Crippen molar-refractivity contribution >= 4 is 5.91 Å². The first kappa shape index (κ1) is 17.7. The number of hydrogen-bond acceptors (Lipinski definition) is 3. The molecule has 1 unspecified atom stereocenters. The van der Waals surface area contributed by atoms with Gasteiger partial charge in [0.2, 0.25) is 0 Å². The molecule has 0 fully saturated rings. The van der Waals surface area contributed by atoms with Gasteiger partial charge in [-0.2, -0.15) is 0 Å². The van der Waals surface area contributed by atoms with Crippen molar-refractivity contribution in [2.24, 2.45) is 0 Å². The fourth-order valence-corrected chi connectivity index (χ4v) is 2.23. The number of benzene rings is 1. The Labute approximate surface area is 128 Å². The number of aliphatic hydroxyl groups is 1. The first-order valence-corrected chi connectivity index (χ1v) is 7.27. The van der Waals surface area contributed by atoms with Crippen LogP contribution in [0.2, 0.25) is 0 Å². The van der Waals surface area contributed by atoms with Crippen LogP contribution in [0, 0.1) is 0 Å². The summed E-state index contributed by atoms with van der Waals surface area (Å²) in [6.45, 7) is 8.86. The number of nitrogens with zero attached hydrogens (tertiary/aromatic N) is 1. The standard InChI is InChI=1S/C17H28N2O2/c1-16(2,3)14-9-7-13(8-10-14)15(20)18-11-17(4,21)12-19(5)6/h7-10,21H,11-12H2,1-6H3,(H,18,20). The van der Waals surface area contributed by atoms with Gasteiger partial charge in [0.25, 0.3) is 5.91 Å². The predicted octanol–water partition coefficient (Wildman–Crippen LogP) is 2.03. The minimum absolute atomic E-state index is 0.0738. The first-order valence-electron chi connectivity index (χ1n) is 7.27. The summed E-state index contributed by atoms with van der Waals surface area (Å²) in [6.07, 6.45) is 0. The van der Waals surface area contributed by atoms with Crippen LogP contribution in [0.1, 0.15) is 43.6 Å². The molecular formula is C17H28N2O2. The lowest BCUT2D eigenvalue weighted by Gasteiger charge is -2.27. The van der Waals surface area contributed by atoms with Crippen molar-refractivity contribution in [2.75, 3.05) is 27.2 Å². The molecule has 1 amide bonds. The van der Waals surface area contributed by atoms with Crippen LogP contribution in [0.4, 0.5) is 0 Å². The third-order valence-corrected chi connectivity index (χ3v) is 3.30. The van der Waals surface area contributed by atoms with Crippen molar-refractivity contribution in [2.45, 2.75) is 38.7 Å². The Kier molecular flexibility index (Phi) is 5.54. The molecule has 2 N–H and O–H groups in total. The van der Waals surface area contributed by atoms with Crippen LogP contribution in [-0.2, 0) is 5.41 Å². The molecule has 1 aromatic rings. The summed E-state index contributed by atoms with van der Waals surface area (Å²) in [7, 11) is 3.78. The van der Waals surface area contributed by atoms with Gasteiger partial charge in [-0.05, 0) is 44.1 Å². The fraction of sp³-hybridized carbons (Fsp3) is 0.588. The van der Waals surface area contributed by atoms with E-state index in [-0.39, 0.29) is 17.9 Å². The highest BCUT2D eigenvalue weighted by atomic mass is 16.3. The van der Waals surface area contributed by atoms with Gasteiger partial charge in [-0.3, -0.25) is 4.79 Å². The molecule has 4 heteroatoms. The highest BCUT2D eigenvalue weighted by Crippen LogP contribution is 2.22. The summed E-state index contributed by atoms with van der Waals surface area (Å²) in [6, 6.07) is 7.62. The van der Waals surface area contributed by atoms with Crippen molar-refractivity contribution in [3.05, 3.63) is 35.4 Å². The second kappa shape index (κ2) is 6.58. The largest absolute Gasteiger partial charge is 0.387 e. The summed E-state index contributed by atoms with van der Waals surface area (Å²) in [5.74, 6) is -0.158. The molecule has 0 heterocycles. The molecule has 0 saturated carbocycles. The Morgan fingerprint density at radius 3 is 2.10 bits per heavy atom. The minimum Gasteiger partial charge on any atom is -0.387 e. The van der Waals surface area contributed by atoms with E-state index in [4.69, 9.17) is 0 Å². The molecule has 1 atom stereocenters. The van der Waals surface area contributed by atoms with E-state index in [1.54, 1.807) is 6.92 Å². The predicted molar refractivity (Wildman–Crippen MR) is 86.7 cm³/mol. The minimum atomic E-state index is -0.940. The lowest BCUT2D eigenvalue weighted by Crippen LogP contribution is -2.47. The van der Waals surface area contributed by atoms with Crippen molar-refractivity contribution < 1.29 is 9.90 Å². The quantitative estimate of drug-likeness (QED) is 0.873. The molecule has 0 aromatic heterocycles. The van der Waals surface area contributed by atoms with Crippen LogP contribution in [0.15, 0.2) is 24.3 Å². The average Bonchev–Trinajstić information content (AvgIpc) is 2.33. The van der Waals surface area contributed by atoms with Gasteiger partial charge in [0, 0.05) is 18.7 Å². The van der Waals surface area contributed by atoms with Crippen LogP contribution < -0.4 is 5.32 Å². The molecule has 4 nitrogen and oxygen atoms in total. The molecule has 1 aromatic carbocycles. The summed E-state index contributed by atoms with van der Waals surface area (Å²) in [4.78, 5) is 14.0. The van der Waals surface area contributed by atoms with E-state index in [0.29, 0.717) is 12.1 Å². The maximum absolute atomic E-state index is 12.1. The van der Waals surface area contributed by atoms with Crippen LogP contribution in [-0.4, -0.2) is 48.7 Å². The maximum atomic E-state index is 12.1. The highest BCUT2D eigenvalue weighted by molar-refractivity contribution is 5.94. The van der Waals surface area contributed by atoms with E-state index in [9.17, 15) is 9.90 Å². The van der Waals surface area contributed by atoms with Gasteiger partial charge in [0.1, 0.15) is 0 Å². The number of carbonyl (C=O) groups excluding carboxylic acids is 1. The molecule has 118 valence electrons. The third kappa shape index (κ3) is 5.86. The number of hydrogen-bond donors (Lipinski definition) is 2. The van der Waals surface area contributed by atoms with Gasteiger partial charge in [0.15, 0.2) is 0 Å². The maximum Gasteiger partial charge on any atom is 0.251 e. The Morgan fingerprint density at radius 2 is 1.67 bits per heavy atom. The van der Waals surface area contributed by atoms with E-state index < -0.39 is 5.60 Å². The molecular weight excluding hydrogens is 264 g/mol. The van der Waals surface area contributed by atoms with Gasteiger partial charge < -0.3 is 15.3 Å². The summed E-state index contributed by atoms with van der Waals surface area (Å²) in [5.41, 5.74) is 0.942. The second-order valence-corrected chi connectivity index (χ2v) is 7.24. The zero-order chi connectivity index (χ0) is 16.3. The number of carbonyl (C=O) groups is 1. The van der Waals surface area contributed by atoms with Crippen molar-refractivity contribution in [1.82, 2.24) is 10.2 Å². The van der Waals surface area contributed by atoms with Gasteiger partial charge in [-0.15, -0.1) is 0 Å². The Balaban J connectivity index is 2.64. The average molecular weight is 292 g/mol. The molecule has 0 aliphatic carbocycles. The second-order valence-electron chi connectivity index (χ2n) is 7.24. The monoisotopic (exact) mass is 292 g/mol. The van der Waals surface area contributed by atoms with Crippen LogP contribution in [0.5, 0.6) is 0 Å². The lowest BCUT2D eigenvalue weighted by molar-refractivity contribution is 0.0326. The van der Waals surface area contributed by atoms with Crippen molar-refractivity contribution in [1.29, 1.82) is 0 Å². The van der Waals surface area contributed by atoms with Crippen molar-refractivity contribution in [3.63, 3.8) is 0 Å². The molecule has 0 aliphatic rings. The van der Waals surface area contributed by atoms with E-state index in [0.717, 1.165) is 0 Å².